The third kappa shape index (κ3) is 5.39. The van der Waals surface area contributed by atoms with Gasteiger partial charge in [-0.05, 0) is 88.0 Å². The molecular weight excluding hydrogens is 683 g/mol. The average molecular weight is 716 g/mol. The van der Waals surface area contributed by atoms with Crippen LogP contribution in [0.3, 0.4) is 0 Å². The van der Waals surface area contributed by atoms with Crippen LogP contribution in [0.25, 0.3) is 106 Å². The average Bonchev–Trinajstić information content (AvgIpc) is 3.82. The summed E-state index contributed by atoms with van der Waals surface area (Å²) in [7, 11) is 0. The Morgan fingerprint density at radius 2 is 0.893 bits per heavy atom. The standard InChI is InChI=1S/C52H33N3O/c1-4-14-34(15-5-1)36-18-13-21-41(31-36)49-51-50(54-52(53-49)35-16-6-2-7-17-35)45-33-40(27-29-48(45)56-51)38-20-12-19-37(30-38)39-26-28-47-44(32-39)43-24-10-11-25-46(43)55(47)42-22-8-3-9-23-42/h1-33H. The minimum Gasteiger partial charge on any atom is -0.452 e. The van der Waals surface area contributed by atoms with Crippen LogP contribution in [0, 0.1) is 0 Å². The molecule has 4 heteroatoms. The van der Waals surface area contributed by atoms with Gasteiger partial charge in [0.05, 0.1) is 11.0 Å². The lowest BCUT2D eigenvalue weighted by molar-refractivity contribution is 0.667. The van der Waals surface area contributed by atoms with Crippen LogP contribution in [0.15, 0.2) is 205 Å². The van der Waals surface area contributed by atoms with Crippen molar-refractivity contribution in [2.24, 2.45) is 0 Å². The smallest absolute Gasteiger partial charge is 0.180 e. The zero-order chi connectivity index (χ0) is 37.0. The fraction of sp³-hybridized carbons (Fsp3) is 0. The van der Waals surface area contributed by atoms with Crippen molar-refractivity contribution in [3.05, 3.63) is 200 Å². The lowest BCUT2D eigenvalue weighted by atomic mass is 9.97. The maximum atomic E-state index is 6.64. The van der Waals surface area contributed by atoms with Crippen molar-refractivity contribution >= 4 is 43.9 Å². The summed E-state index contributed by atoms with van der Waals surface area (Å²) >= 11 is 0. The van der Waals surface area contributed by atoms with E-state index in [0.29, 0.717) is 11.4 Å². The van der Waals surface area contributed by atoms with Gasteiger partial charge in [0.25, 0.3) is 0 Å². The largest absolute Gasteiger partial charge is 0.452 e. The number of fused-ring (bicyclic) bond motifs is 6. The van der Waals surface area contributed by atoms with Crippen LogP contribution in [-0.2, 0) is 0 Å². The summed E-state index contributed by atoms with van der Waals surface area (Å²) in [5, 5.41) is 3.43. The molecule has 262 valence electrons. The van der Waals surface area contributed by atoms with Crippen molar-refractivity contribution in [3.63, 3.8) is 0 Å². The molecule has 0 aliphatic rings. The number of rotatable bonds is 6. The second-order valence-electron chi connectivity index (χ2n) is 14.2. The van der Waals surface area contributed by atoms with E-state index in [2.05, 4.69) is 180 Å². The molecule has 11 aromatic rings. The van der Waals surface area contributed by atoms with Crippen molar-refractivity contribution < 1.29 is 4.42 Å². The van der Waals surface area contributed by atoms with Crippen molar-refractivity contribution in [3.8, 4) is 61.7 Å². The molecule has 0 aliphatic heterocycles. The number of furan rings is 1. The van der Waals surface area contributed by atoms with Gasteiger partial charge < -0.3 is 8.98 Å². The number of para-hydroxylation sites is 2. The van der Waals surface area contributed by atoms with Gasteiger partial charge in [-0.2, -0.15) is 0 Å². The minimum atomic E-state index is 0.664. The summed E-state index contributed by atoms with van der Waals surface area (Å²) < 4.78 is 9.00. The van der Waals surface area contributed by atoms with Gasteiger partial charge >= 0.3 is 0 Å². The van der Waals surface area contributed by atoms with Crippen LogP contribution in [0.4, 0.5) is 0 Å². The molecule has 0 unspecified atom stereocenters. The summed E-state index contributed by atoms with van der Waals surface area (Å²) in [6.45, 7) is 0. The van der Waals surface area contributed by atoms with E-state index in [1.165, 1.54) is 27.4 Å². The van der Waals surface area contributed by atoms with E-state index in [1.807, 2.05) is 24.3 Å². The molecule has 3 aromatic heterocycles. The molecule has 0 N–H and O–H groups in total. The molecule has 0 spiro atoms. The van der Waals surface area contributed by atoms with E-state index in [-0.39, 0.29) is 0 Å². The van der Waals surface area contributed by atoms with Crippen molar-refractivity contribution in [1.29, 1.82) is 0 Å². The molecule has 0 bridgehead atoms. The van der Waals surface area contributed by atoms with E-state index in [1.54, 1.807) is 0 Å². The molecule has 0 aliphatic carbocycles. The molecule has 0 amide bonds. The molecule has 0 saturated heterocycles. The van der Waals surface area contributed by atoms with E-state index in [4.69, 9.17) is 14.4 Å². The second-order valence-corrected chi connectivity index (χ2v) is 14.2. The number of benzene rings is 8. The lowest BCUT2D eigenvalue weighted by Crippen LogP contribution is -1.94. The van der Waals surface area contributed by atoms with Crippen LogP contribution < -0.4 is 0 Å². The van der Waals surface area contributed by atoms with E-state index >= 15 is 0 Å². The van der Waals surface area contributed by atoms with Gasteiger partial charge in [-0.25, -0.2) is 9.97 Å². The second kappa shape index (κ2) is 13.1. The predicted octanol–water partition coefficient (Wildman–Crippen LogP) is 13.8. The van der Waals surface area contributed by atoms with Crippen LogP contribution in [0.2, 0.25) is 0 Å². The fourth-order valence-electron chi connectivity index (χ4n) is 8.10. The SMILES string of the molecule is c1ccc(-c2cccc(-c3nc(-c4ccccc4)nc4c3oc3ccc(-c5cccc(-c6ccc7c(c6)c6ccccc6n7-c6ccccc6)c5)cc34)c2)cc1. The summed E-state index contributed by atoms with van der Waals surface area (Å²) in [4.78, 5) is 10.3. The van der Waals surface area contributed by atoms with Gasteiger partial charge in [0.1, 0.15) is 16.8 Å². The number of nitrogens with zero attached hydrogens (tertiary/aromatic N) is 3. The Morgan fingerprint density at radius 1 is 0.357 bits per heavy atom. The van der Waals surface area contributed by atoms with E-state index < -0.39 is 0 Å². The first-order chi connectivity index (χ1) is 27.7. The summed E-state index contributed by atoms with van der Waals surface area (Å²) in [5.74, 6) is 0.664. The molecular formula is C52H33N3O. The third-order valence-electron chi connectivity index (χ3n) is 10.8. The molecule has 0 radical (unpaired) electrons. The lowest BCUT2D eigenvalue weighted by Gasteiger charge is -2.09. The first-order valence-corrected chi connectivity index (χ1v) is 18.9. The zero-order valence-electron chi connectivity index (χ0n) is 30.3. The number of hydrogen-bond donors (Lipinski definition) is 0. The first kappa shape index (κ1) is 31.9. The summed E-state index contributed by atoms with van der Waals surface area (Å²) in [6.07, 6.45) is 0. The summed E-state index contributed by atoms with van der Waals surface area (Å²) in [5.41, 5.74) is 15.3. The Labute approximate surface area is 323 Å². The molecule has 56 heavy (non-hydrogen) atoms. The van der Waals surface area contributed by atoms with Crippen molar-refractivity contribution in [1.82, 2.24) is 14.5 Å². The zero-order valence-corrected chi connectivity index (χ0v) is 30.3. The number of hydrogen-bond acceptors (Lipinski definition) is 3. The maximum Gasteiger partial charge on any atom is 0.180 e. The fourth-order valence-corrected chi connectivity index (χ4v) is 8.10. The quantitative estimate of drug-likeness (QED) is 0.172. The van der Waals surface area contributed by atoms with Crippen LogP contribution in [0.5, 0.6) is 0 Å². The van der Waals surface area contributed by atoms with Gasteiger partial charge in [-0.15, -0.1) is 0 Å². The molecule has 0 atom stereocenters. The molecule has 11 rings (SSSR count). The molecule has 0 fully saturated rings. The topological polar surface area (TPSA) is 43.9 Å². The van der Waals surface area contributed by atoms with Crippen LogP contribution >= 0.6 is 0 Å². The molecule has 4 nitrogen and oxygen atoms in total. The Bertz CT molecular complexity index is 3240. The highest BCUT2D eigenvalue weighted by Crippen LogP contribution is 2.40. The Morgan fingerprint density at radius 3 is 1.64 bits per heavy atom. The van der Waals surface area contributed by atoms with E-state index in [0.717, 1.165) is 66.8 Å². The Balaban J connectivity index is 1.04. The van der Waals surface area contributed by atoms with Crippen LogP contribution in [0.1, 0.15) is 0 Å². The maximum absolute atomic E-state index is 6.64. The van der Waals surface area contributed by atoms with Gasteiger partial charge in [0.2, 0.25) is 0 Å². The number of aromatic nitrogens is 3. The van der Waals surface area contributed by atoms with E-state index in [9.17, 15) is 0 Å². The third-order valence-corrected chi connectivity index (χ3v) is 10.8. The summed E-state index contributed by atoms with van der Waals surface area (Å²) in [6, 6.07) is 70.4. The van der Waals surface area contributed by atoms with Gasteiger partial charge in [0.15, 0.2) is 11.4 Å². The van der Waals surface area contributed by atoms with Crippen LogP contribution in [-0.4, -0.2) is 14.5 Å². The monoisotopic (exact) mass is 715 g/mol. The molecule has 8 aromatic carbocycles. The molecule has 3 heterocycles. The predicted molar refractivity (Wildman–Crippen MR) is 231 cm³/mol. The van der Waals surface area contributed by atoms with Gasteiger partial charge in [0, 0.05) is 33.0 Å². The van der Waals surface area contributed by atoms with Gasteiger partial charge in [-0.1, -0.05) is 146 Å². The van der Waals surface area contributed by atoms with Gasteiger partial charge in [-0.3, -0.25) is 0 Å². The Hall–Kier alpha value is -7.56. The highest BCUT2D eigenvalue weighted by atomic mass is 16.3. The molecule has 0 saturated carbocycles. The first-order valence-electron chi connectivity index (χ1n) is 18.9. The Kier molecular flexibility index (Phi) is 7.46. The highest BCUT2D eigenvalue weighted by molar-refractivity contribution is 6.11. The minimum absolute atomic E-state index is 0.664. The highest BCUT2D eigenvalue weighted by Gasteiger charge is 2.20. The van der Waals surface area contributed by atoms with Crippen molar-refractivity contribution in [2.75, 3.05) is 0 Å². The normalized spacial score (nSPS) is 11.6. The van der Waals surface area contributed by atoms with Crippen molar-refractivity contribution in [2.45, 2.75) is 0 Å².